The summed E-state index contributed by atoms with van der Waals surface area (Å²) in [5, 5.41) is 0. The van der Waals surface area contributed by atoms with Crippen LogP contribution in [0, 0.1) is 0 Å². The summed E-state index contributed by atoms with van der Waals surface area (Å²) >= 11 is 0. The molecule has 8 nitrogen and oxygen atoms in total. The van der Waals surface area contributed by atoms with Crippen LogP contribution in [0.15, 0.2) is 0 Å². The average Bonchev–Trinajstić information content (AvgIpc) is 3.13. The van der Waals surface area contributed by atoms with Crippen LogP contribution >= 0.6 is 7.82 Å². The Morgan fingerprint density at radius 1 is 0.500 bits per heavy atom. The van der Waals surface area contributed by atoms with E-state index in [-0.39, 0.29) is 32.3 Å². The topological polar surface area (TPSA) is 117 Å². The fourth-order valence-corrected chi connectivity index (χ4v) is 7.47. The van der Waals surface area contributed by atoms with Gasteiger partial charge in [0.1, 0.15) is 6.10 Å². The van der Waals surface area contributed by atoms with E-state index < -0.39 is 13.9 Å². The van der Waals surface area contributed by atoms with Gasteiger partial charge in [-0.25, -0.2) is 4.57 Å². The summed E-state index contributed by atoms with van der Waals surface area (Å²) in [7, 11) is -4.27. The minimum Gasteiger partial charge on any atom is -0.457 e. The smallest absolute Gasteiger partial charge is 0.457 e. The van der Waals surface area contributed by atoms with Crippen molar-refractivity contribution in [1.82, 2.24) is 0 Å². The first-order valence-corrected chi connectivity index (χ1v) is 24.0. The van der Waals surface area contributed by atoms with Gasteiger partial charge in [-0.1, -0.05) is 213 Å². The summed E-state index contributed by atoms with van der Waals surface area (Å²) in [5.41, 5.74) is 5.37. The minimum atomic E-state index is -4.27. The third-order valence-corrected chi connectivity index (χ3v) is 11.0. The number of carbonyl (C=O) groups excluding carboxylic acids is 1. The third kappa shape index (κ3) is 40.7. The van der Waals surface area contributed by atoms with Crippen LogP contribution in [0.3, 0.4) is 0 Å². The van der Waals surface area contributed by atoms with Crippen molar-refractivity contribution in [3.05, 3.63) is 0 Å². The van der Waals surface area contributed by atoms with Crippen LogP contribution in [0.25, 0.3) is 0 Å². The summed E-state index contributed by atoms with van der Waals surface area (Å²) in [6, 6.07) is 0. The molecule has 2 atom stereocenters. The molecule has 0 aliphatic heterocycles. The molecule has 0 amide bonds. The maximum atomic E-state index is 12.6. The lowest BCUT2D eigenvalue weighted by atomic mass is 10.0. The molecule has 312 valence electrons. The number of ether oxygens (including phenoxy) is 2. The van der Waals surface area contributed by atoms with Crippen molar-refractivity contribution < 1.29 is 32.8 Å². The zero-order valence-electron chi connectivity index (χ0n) is 34.6. The Kier molecular flexibility index (Phi) is 41.3. The van der Waals surface area contributed by atoms with Crippen molar-refractivity contribution in [2.24, 2.45) is 5.73 Å². The number of unbranched alkanes of at least 4 members (excludes halogenated alkanes) is 31. The lowest BCUT2D eigenvalue weighted by molar-refractivity contribution is -0.154. The SMILES string of the molecule is CCCCCCCCCCCCCCCCCCCCOC[C@H](COP(=O)(O)OCCN)OC(=O)CCCCCCCCCCCCCCCCC. The average molecular weight is 762 g/mol. The highest BCUT2D eigenvalue weighted by Crippen LogP contribution is 2.43. The molecular formula is C43H88NO7P. The molecule has 0 aliphatic rings. The Balaban J connectivity index is 3.95. The molecule has 0 aromatic heterocycles. The maximum Gasteiger partial charge on any atom is 0.472 e. The highest BCUT2D eigenvalue weighted by Gasteiger charge is 2.25. The second-order valence-electron chi connectivity index (χ2n) is 15.3. The van der Waals surface area contributed by atoms with Crippen molar-refractivity contribution in [2.75, 3.05) is 33.0 Å². The number of carbonyl (C=O) groups is 1. The molecule has 9 heteroatoms. The van der Waals surface area contributed by atoms with Gasteiger partial charge in [0.15, 0.2) is 0 Å². The van der Waals surface area contributed by atoms with Crippen LogP contribution in [-0.4, -0.2) is 49.9 Å². The van der Waals surface area contributed by atoms with Gasteiger partial charge in [0.25, 0.3) is 0 Å². The van der Waals surface area contributed by atoms with Crippen LogP contribution in [-0.2, 0) is 27.9 Å². The summed E-state index contributed by atoms with van der Waals surface area (Å²) in [6.45, 7) is 4.99. The number of nitrogens with two attached hydrogens (primary N) is 1. The van der Waals surface area contributed by atoms with Gasteiger partial charge in [-0.05, 0) is 12.8 Å². The molecule has 52 heavy (non-hydrogen) atoms. The molecule has 0 saturated heterocycles. The Bertz CT molecular complexity index is 772. The molecule has 0 radical (unpaired) electrons. The zero-order valence-corrected chi connectivity index (χ0v) is 35.5. The predicted molar refractivity (Wildman–Crippen MR) is 220 cm³/mol. The fraction of sp³-hybridized carbons (Fsp3) is 0.977. The lowest BCUT2D eigenvalue weighted by Gasteiger charge is -2.20. The predicted octanol–water partition coefficient (Wildman–Crippen LogP) is 13.3. The number of phosphoric ester groups is 1. The summed E-state index contributed by atoms with van der Waals surface area (Å²) in [5.74, 6) is -0.323. The molecule has 0 heterocycles. The van der Waals surface area contributed by atoms with Crippen molar-refractivity contribution >= 4 is 13.8 Å². The van der Waals surface area contributed by atoms with Crippen molar-refractivity contribution in [3.63, 3.8) is 0 Å². The van der Waals surface area contributed by atoms with Gasteiger partial charge in [-0.15, -0.1) is 0 Å². The zero-order chi connectivity index (χ0) is 38.1. The maximum absolute atomic E-state index is 12.6. The van der Waals surface area contributed by atoms with E-state index in [4.69, 9.17) is 24.3 Å². The normalized spacial score (nSPS) is 13.4. The molecule has 0 bridgehead atoms. The van der Waals surface area contributed by atoms with Crippen molar-refractivity contribution in [3.8, 4) is 0 Å². The van der Waals surface area contributed by atoms with Gasteiger partial charge in [0.05, 0.1) is 19.8 Å². The quantitative estimate of drug-likeness (QED) is 0.0358. The molecule has 0 spiro atoms. The fourth-order valence-electron chi connectivity index (χ4n) is 6.70. The van der Waals surface area contributed by atoms with Crippen molar-refractivity contribution in [2.45, 2.75) is 238 Å². The van der Waals surface area contributed by atoms with E-state index in [1.807, 2.05) is 0 Å². The number of phosphoric acid groups is 1. The molecule has 0 aromatic carbocycles. The Hall–Kier alpha value is -0.500. The van der Waals surface area contributed by atoms with E-state index in [1.165, 1.54) is 180 Å². The number of rotatable bonds is 44. The number of esters is 1. The first-order valence-electron chi connectivity index (χ1n) is 22.5. The molecule has 3 N–H and O–H groups in total. The molecule has 0 saturated carbocycles. The summed E-state index contributed by atoms with van der Waals surface area (Å²) in [6.07, 6.45) is 42.6. The second kappa shape index (κ2) is 41.7. The molecule has 0 aliphatic carbocycles. The van der Waals surface area contributed by atoms with Crippen LogP contribution in [0.2, 0.25) is 0 Å². The van der Waals surface area contributed by atoms with Gasteiger partial charge in [-0.3, -0.25) is 13.8 Å². The van der Waals surface area contributed by atoms with Gasteiger partial charge in [-0.2, -0.15) is 0 Å². The number of hydrogen-bond acceptors (Lipinski definition) is 7. The van der Waals surface area contributed by atoms with E-state index >= 15 is 0 Å². The van der Waals surface area contributed by atoms with E-state index in [1.54, 1.807) is 0 Å². The Labute approximate surface area is 322 Å². The summed E-state index contributed by atoms with van der Waals surface area (Å²) in [4.78, 5) is 22.5. The van der Waals surface area contributed by atoms with Crippen LogP contribution in [0.4, 0.5) is 0 Å². The van der Waals surface area contributed by atoms with E-state index in [0.717, 1.165) is 32.1 Å². The van der Waals surface area contributed by atoms with Crippen LogP contribution in [0.1, 0.15) is 232 Å². The first-order chi connectivity index (χ1) is 25.4. The third-order valence-electron chi connectivity index (χ3n) is 10.0. The molecule has 0 rings (SSSR count). The van der Waals surface area contributed by atoms with Crippen molar-refractivity contribution in [1.29, 1.82) is 0 Å². The standard InChI is InChI=1S/C43H88NO7P/c1-3-5-7-9-11-13-15-17-19-20-21-23-25-27-29-31-33-35-38-48-40-42(41-50-52(46,47)49-39-37-44)51-43(45)36-34-32-30-28-26-24-22-18-16-14-12-10-8-6-4-2/h42H,3-41,44H2,1-2H3,(H,46,47)/t42-/m1/s1. The lowest BCUT2D eigenvalue weighted by Crippen LogP contribution is -2.28. The molecular weight excluding hydrogens is 673 g/mol. The Morgan fingerprint density at radius 2 is 0.846 bits per heavy atom. The minimum absolute atomic E-state index is 0.0900. The number of hydrogen-bond donors (Lipinski definition) is 2. The van der Waals surface area contributed by atoms with Gasteiger partial charge in [0, 0.05) is 19.6 Å². The first kappa shape index (κ1) is 51.5. The largest absolute Gasteiger partial charge is 0.472 e. The van der Waals surface area contributed by atoms with E-state index in [9.17, 15) is 14.3 Å². The monoisotopic (exact) mass is 762 g/mol. The van der Waals surface area contributed by atoms with Gasteiger partial charge < -0.3 is 20.1 Å². The van der Waals surface area contributed by atoms with Crippen LogP contribution < -0.4 is 5.73 Å². The van der Waals surface area contributed by atoms with Crippen LogP contribution in [0.5, 0.6) is 0 Å². The van der Waals surface area contributed by atoms with Gasteiger partial charge in [0.2, 0.25) is 0 Å². The van der Waals surface area contributed by atoms with E-state index in [0.29, 0.717) is 13.0 Å². The second-order valence-corrected chi connectivity index (χ2v) is 16.7. The Morgan fingerprint density at radius 3 is 1.21 bits per heavy atom. The molecule has 1 unspecified atom stereocenters. The van der Waals surface area contributed by atoms with Gasteiger partial charge >= 0.3 is 13.8 Å². The molecule has 0 aromatic rings. The molecule has 0 fully saturated rings. The highest BCUT2D eigenvalue weighted by molar-refractivity contribution is 7.47. The highest BCUT2D eigenvalue weighted by atomic mass is 31.2. The van der Waals surface area contributed by atoms with E-state index in [2.05, 4.69) is 13.8 Å². The summed E-state index contributed by atoms with van der Waals surface area (Å²) < 4.78 is 33.5.